The molecule has 0 aromatic rings. The fourth-order valence-corrected chi connectivity index (χ4v) is 2.50. The molecule has 0 heterocycles. The molecule has 2 heteroatoms. The molecular weight excluding hydrogens is 251 g/mol. The van der Waals surface area contributed by atoms with Crippen LogP contribution in [0.4, 0.5) is 4.39 Å². The van der Waals surface area contributed by atoms with Crippen LogP contribution in [-0.4, -0.2) is 12.0 Å². The molecule has 1 unspecified atom stereocenters. The second-order valence-electron chi connectivity index (χ2n) is 6.01. The van der Waals surface area contributed by atoms with E-state index >= 15 is 0 Å². The minimum absolute atomic E-state index is 0.163. The van der Waals surface area contributed by atoms with Crippen LogP contribution in [0.25, 0.3) is 0 Å². The molecule has 0 amide bonds. The molecule has 0 aliphatic rings. The van der Waals surface area contributed by atoms with Crippen molar-refractivity contribution >= 4 is 5.78 Å². The van der Waals surface area contributed by atoms with Crippen LogP contribution in [0, 0.1) is 0 Å². The fraction of sp³-hybridized carbons (Fsp3) is 0.944. The van der Waals surface area contributed by atoms with Crippen molar-refractivity contribution < 1.29 is 9.18 Å². The summed E-state index contributed by atoms with van der Waals surface area (Å²) >= 11 is 0. The molecule has 0 fully saturated rings. The molecule has 0 spiro atoms. The van der Waals surface area contributed by atoms with Crippen LogP contribution >= 0.6 is 0 Å². The number of alkyl halides is 1. The number of halogens is 1. The average molecular weight is 286 g/mol. The summed E-state index contributed by atoms with van der Waals surface area (Å²) < 4.78 is 13.6. The maximum absolute atomic E-state index is 13.6. The quantitative estimate of drug-likeness (QED) is 0.318. The van der Waals surface area contributed by atoms with E-state index < -0.39 is 6.17 Å². The van der Waals surface area contributed by atoms with Gasteiger partial charge in [0.05, 0.1) is 0 Å². The first-order valence-electron chi connectivity index (χ1n) is 8.89. The van der Waals surface area contributed by atoms with E-state index in [1.807, 2.05) is 0 Å². The van der Waals surface area contributed by atoms with E-state index in [0.717, 1.165) is 38.5 Å². The molecule has 0 saturated carbocycles. The van der Waals surface area contributed by atoms with Gasteiger partial charge >= 0.3 is 0 Å². The SMILES string of the molecule is CCCCCCCCCCC(F)C(=O)CCCCCC. The molecule has 0 aliphatic heterocycles. The van der Waals surface area contributed by atoms with Gasteiger partial charge in [-0.25, -0.2) is 4.39 Å². The standard InChI is InChI=1S/C18H35FO/c1-3-5-7-9-10-11-12-13-15-17(19)18(20)16-14-8-6-4-2/h17H,3-16H2,1-2H3. The van der Waals surface area contributed by atoms with Gasteiger partial charge in [0.2, 0.25) is 0 Å². The summed E-state index contributed by atoms with van der Waals surface area (Å²) in [6, 6.07) is 0. The Labute approximate surface area is 125 Å². The van der Waals surface area contributed by atoms with Crippen LogP contribution in [-0.2, 0) is 4.79 Å². The molecule has 0 saturated heterocycles. The Morgan fingerprint density at radius 1 is 0.750 bits per heavy atom. The van der Waals surface area contributed by atoms with Crippen LogP contribution in [0.5, 0.6) is 0 Å². The van der Waals surface area contributed by atoms with Gasteiger partial charge in [0, 0.05) is 6.42 Å². The number of Topliss-reactive ketones (excluding diaryl/α,β-unsaturated/α-hetero) is 1. The molecule has 0 aromatic heterocycles. The second kappa shape index (κ2) is 15.0. The molecule has 0 bridgehead atoms. The van der Waals surface area contributed by atoms with Crippen molar-refractivity contribution in [1.29, 1.82) is 0 Å². The van der Waals surface area contributed by atoms with Crippen LogP contribution in [0.15, 0.2) is 0 Å². The van der Waals surface area contributed by atoms with E-state index in [0.29, 0.717) is 12.8 Å². The Morgan fingerprint density at radius 2 is 1.20 bits per heavy atom. The lowest BCUT2D eigenvalue weighted by Gasteiger charge is -2.07. The van der Waals surface area contributed by atoms with Gasteiger partial charge in [0.1, 0.15) is 0 Å². The van der Waals surface area contributed by atoms with Crippen LogP contribution in [0.1, 0.15) is 104 Å². The highest BCUT2D eigenvalue weighted by molar-refractivity contribution is 5.82. The normalized spacial score (nSPS) is 12.6. The van der Waals surface area contributed by atoms with Crippen LogP contribution < -0.4 is 0 Å². The van der Waals surface area contributed by atoms with E-state index in [2.05, 4.69) is 13.8 Å². The molecular formula is C18H35FO. The Morgan fingerprint density at radius 3 is 1.75 bits per heavy atom. The van der Waals surface area contributed by atoms with Gasteiger partial charge < -0.3 is 0 Å². The summed E-state index contributed by atoms with van der Waals surface area (Å²) in [7, 11) is 0. The van der Waals surface area contributed by atoms with Gasteiger partial charge in [-0.1, -0.05) is 84.5 Å². The molecule has 0 rings (SSSR count). The van der Waals surface area contributed by atoms with Crippen molar-refractivity contribution in [3.63, 3.8) is 0 Å². The van der Waals surface area contributed by atoms with Gasteiger partial charge in [-0.15, -0.1) is 0 Å². The van der Waals surface area contributed by atoms with Gasteiger partial charge in [-0.2, -0.15) is 0 Å². The van der Waals surface area contributed by atoms with E-state index in [1.165, 1.54) is 38.5 Å². The minimum atomic E-state index is -1.20. The highest BCUT2D eigenvalue weighted by Crippen LogP contribution is 2.14. The van der Waals surface area contributed by atoms with Crippen LogP contribution in [0.2, 0.25) is 0 Å². The number of rotatable bonds is 15. The first kappa shape index (κ1) is 19.6. The first-order valence-corrected chi connectivity index (χ1v) is 8.89. The third-order valence-electron chi connectivity index (χ3n) is 3.94. The third-order valence-corrected chi connectivity index (χ3v) is 3.94. The summed E-state index contributed by atoms with van der Waals surface area (Å²) in [6.07, 6.45) is 13.6. The van der Waals surface area contributed by atoms with Crippen molar-refractivity contribution in [3.05, 3.63) is 0 Å². The third kappa shape index (κ3) is 12.6. The van der Waals surface area contributed by atoms with Gasteiger partial charge in [-0.3, -0.25) is 4.79 Å². The largest absolute Gasteiger partial charge is 0.296 e. The molecule has 0 aliphatic carbocycles. The Balaban J connectivity index is 3.34. The van der Waals surface area contributed by atoms with E-state index in [1.54, 1.807) is 0 Å². The number of carbonyl (C=O) groups excluding carboxylic acids is 1. The molecule has 0 N–H and O–H groups in total. The topological polar surface area (TPSA) is 17.1 Å². The molecule has 120 valence electrons. The molecule has 1 atom stereocenters. The predicted octanol–water partition coefficient (Wildman–Crippen LogP) is 6.39. The van der Waals surface area contributed by atoms with Crippen LogP contribution in [0.3, 0.4) is 0 Å². The number of unbranched alkanes of at least 4 members (excludes halogenated alkanes) is 10. The molecule has 0 radical (unpaired) electrons. The maximum Gasteiger partial charge on any atom is 0.166 e. The summed E-state index contributed by atoms with van der Waals surface area (Å²) in [6.45, 7) is 4.36. The van der Waals surface area contributed by atoms with Crippen molar-refractivity contribution in [1.82, 2.24) is 0 Å². The van der Waals surface area contributed by atoms with Crippen molar-refractivity contribution in [2.45, 2.75) is 110 Å². The zero-order valence-corrected chi connectivity index (χ0v) is 13.8. The fourth-order valence-electron chi connectivity index (χ4n) is 2.50. The number of hydrogen-bond acceptors (Lipinski definition) is 1. The van der Waals surface area contributed by atoms with Crippen molar-refractivity contribution in [2.24, 2.45) is 0 Å². The average Bonchev–Trinajstić information content (AvgIpc) is 2.46. The number of ketones is 1. The summed E-state index contributed by atoms with van der Waals surface area (Å²) in [5.41, 5.74) is 0. The van der Waals surface area contributed by atoms with Crippen molar-refractivity contribution in [3.8, 4) is 0 Å². The van der Waals surface area contributed by atoms with Gasteiger partial charge in [-0.05, 0) is 12.8 Å². The van der Waals surface area contributed by atoms with E-state index in [9.17, 15) is 9.18 Å². The number of hydrogen-bond donors (Lipinski definition) is 0. The maximum atomic E-state index is 13.6. The van der Waals surface area contributed by atoms with Crippen molar-refractivity contribution in [2.75, 3.05) is 0 Å². The Bertz CT molecular complexity index is 215. The van der Waals surface area contributed by atoms with E-state index in [-0.39, 0.29) is 5.78 Å². The monoisotopic (exact) mass is 286 g/mol. The Kier molecular flexibility index (Phi) is 14.7. The number of carbonyl (C=O) groups is 1. The molecule has 0 aromatic carbocycles. The lowest BCUT2D eigenvalue weighted by molar-refractivity contribution is -0.124. The Hall–Kier alpha value is -0.400. The molecule has 20 heavy (non-hydrogen) atoms. The van der Waals surface area contributed by atoms with E-state index in [4.69, 9.17) is 0 Å². The second-order valence-corrected chi connectivity index (χ2v) is 6.01. The summed E-state index contributed by atoms with van der Waals surface area (Å²) in [5, 5.41) is 0. The molecule has 1 nitrogen and oxygen atoms in total. The zero-order valence-electron chi connectivity index (χ0n) is 13.8. The lowest BCUT2D eigenvalue weighted by Crippen LogP contribution is -2.15. The predicted molar refractivity (Wildman–Crippen MR) is 85.9 cm³/mol. The highest BCUT2D eigenvalue weighted by Gasteiger charge is 2.15. The lowest BCUT2D eigenvalue weighted by atomic mass is 10.0. The van der Waals surface area contributed by atoms with Gasteiger partial charge in [0.25, 0.3) is 0 Å². The smallest absolute Gasteiger partial charge is 0.166 e. The summed E-state index contributed by atoms with van der Waals surface area (Å²) in [4.78, 5) is 11.6. The van der Waals surface area contributed by atoms with Gasteiger partial charge in [0.15, 0.2) is 12.0 Å². The first-order chi connectivity index (χ1) is 9.72. The minimum Gasteiger partial charge on any atom is -0.296 e. The highest BCUT2D eigenvalue weighted by atomic mass is 19.1. The zero-order chi connectivity index (χ0) is 15.1. The summed E-state index contributed by atoms with van der Waals surface area (Å²) in [5.74, 6) is -0.163.